The number of carboxylic acid groups (broad SMARTS) is 1. The van der Waals surface area contributed by atoms with Crippen LogP contribution >= 0.6 is 7.92 Å². The summed E-state index contributed by atoms with van der Waals surface area (Å²) in [7, 11) is -0.352. The summed E-state index contributed by atoms with van der Waals surface area (Å²) in [6, 6.07) is 0. The number of hydrogen-bond acceptors (Lipinski definition) is 4. The van der Waals surface area contributed by atoms with Crippen molar-refractivity contribution in [3.05, 3.63) is 0 Å². The zero-order chi connectivity index (χ0) is 6.41. The van der Waals surface area contributed by atoms with E-state index in [4.69, 9.17) is 0 Å². The molecule has 0 radical (unpaired) electrons. The molecule has 0 atom stereocenters. The van der Waals surface area contributed by atoms with E-state index in [1.54, 1.807) is 0 Å². The van der Waals surface area contributed by atoms with Crippen molar-refractivity contribution in [3.63, 3.8) is 0 Å². The van der Waals surface area contributed by atoms with Crippen LogP contribution in [0.5, 0.6) is 0 Å². The van der Waals surface area contributed by atoms with Gasteiger partial charge in [-0.2, -0.15) is 0 Å². The topological polar surface area (TPSA) is 69.2 Å². The van der Waals surface area contributed by atoms with Gasteiger partial charge in [0.15, 0.2) is 0 Å². The van der Waals surface area contributed by atoms with Crippen molar-refractivity contribution in [1.29, 1.82) is 0 Å². The molecule has 0 rings (SSSR count). The Balaban J connectivity index is 0. The summed E-state index contributed by atoms with van der Waals surface area (Å²) in [5, 5.41) is 11.7. The van der Waals surface area contributed by atoms with Gasteiger partial charge in [-0.25, -0.2) is 0 Å². The standard InChI is InChI=1S/C3H4NO3P.Na/c5-3(6)1-4-2-8-7;/h4H,1H2,(H,5,6);/q;+1/p-1. The number of carbonyl (C=O) groups excluding carboxylic acids is 1. The molecule has 0 spiro atoms. The van der Waals surface area contributed by atoms with Gasteiger partial charge in [0.25, 0.3) is 0 Å². The van der Waals surface area contributed by atoms with Crippen LogP contribution < -0.4 is 40.0 Å². The number of hydrogen-bond donors (Lipinski definition) is 1. The van der Waals surface area contributed by atoms with Gasteiger partial charge in [-0.1, -0.05) is 0 Å². The number of carbonyl (C=O) groups is 1. The molecule has 0 amide bonds. The van der Waals surface area contributed by atoms with Gasteiger partial charge in [0, 0.05) is 0 Å². The first-order chi connectivity index (χ1) is 3.77. The molecule has 6 heteroatoms. The molecule has 0 saturated carbocycles. The molecule has 9 heavy (non-hydrogen) atoms. The maximum Gasteiger partial charge on any atom is 1.00 e. The number of aliphatic carboxylic acids is 1. The van der Waals surface area contributed by atoms with Gasteiger partial charge in [-0.3, -0.25) is 0 Å². The SMILES string of the molecule is O=P#CNCC(=O)[O-].[Na+]. The summed E-state index contributed by atoms with van der Waals surface area (Å²) >= 11 is 0. The van der Waals surface area contributed by atoms with Crippen molar-refractivity contribution in [2.24, 2.45) is 0 Å². The average Bonchev–Trinajstić information content (AvgIpc) is 1.66. The molecular weight excluding hydrogens is 152 g/mol. The maximum atomic E-state index is 9.56. The van der Waals surface area contributed by atoms with Crippen LogP contribution in [-0.2, 0) is 9.36 Å². The Bertz CT molecular complexity index is 174. The molecule has 0 aliphatic rings. The van der Waals surface area contributed by atoms with Crippen LogP contribution in [0.15, 0.2) is 0 Å². The molecule has 0 fully saturated rings. The smallest absolute Gasteiger partial charge is 1.00 e. The van der Waals surface area contributed by atoms with Crippen LogP contribution in [0, 0.1) is 5.75 Å². The van der Waals surface area contributed by atoms with E-state index in [0.717, 1.165) is 0 Å². The van der Waals surface area contributed by atoms with Crippen LogP contribution in [0.1, 0.15) is 0 Å². The van der Waals surface area contributed by atoms with E-state index < -0.39 is 5.97 Å². The minimum absolute atomic E-state index is 0. The molecule has 0 aromatic carbocycles. The van der Waals surface area contributed by atoms with Crippen molar-refractivity contribution in [3.8, 4) is 5.75 Å². The first-order valence-electron chi connectivity index (χ1n) is 1.77. The zero-order valence-corrected chi connectivity index (χ0v) is 7.77. The van der Waals surface area contributed by atoms with E-state index in [9.17, 15) is 14.5 Å². The first kappa shape index (κ1) is 12.1. The van der Waals surface area contributed by atoms with Gasteiger partial charge in [0.1, 0.15) is 0 Å². The van der Waals surface area contributed by atoms with Gasteiger partial charge >= 0.3 is 75.5 Å². The summed E-state index contributed by atoms with van der Waals surface area (Å²) in [5.74, 6) is 0.776. The molecule has 0 heterocycles. The third-order valence-corrected chi connectivity index (χ3v) is 0.607. The minimum atomic E-state index is -1.25. The molecule has 1 N–H and O–H groups in total. The zero-order valence-electron chi connectivity index (χ0n) is 4.88. The average molecular weight is 155 g/mol. The largest absolute Gasteiger partial charge is 1.00 e. The first-order valence-corrected chi connectivity index (χ1v) is 2.58. The molecule has 0 unspecified atom stereocenters. The Hall–Kier alpha value is 0.440. The predicted octanol–water partition coefficient (Wildman–Crippen LogP) is -4.46. The fourth-order valence-electron chi connectivity index (χ4n) is 0.144. The summed E-state index contributed by atoms with van der Waals surface area (Å²) in [6.45, 7) is -0.352. The third kappa shape index (κ3) is 11.8. The van der Waals surface area contributed by atoms with E-state index in [-0.39, 0.29) is 44.0 Å². The number of rotatable bonds is 2. The predicted molar refractivity (Wildman–Crippen MR) is 24.5 cm³/mol. The monoisotopic (exact) mass is 155 g/mol. The van der Waals surface area contributed by atoms with Gasteiger partial charge in [0.05, 0.1) is 0 Å². The molecule has 4 nitrogen and oxygen atoms in total. The third-order valence-electron chi connectivity index (χ3n) is 0.357. The second-order valence-electron chi connectivity index (χ2n) is 0.929. The Morgan fingerprint density at radius 2 is 2.33 bits per heavy atom. The van der Waals surface area contributed by atoms with Gasteiger partial charge in [0.2, 0.25) is 0 Å². The maximum absolute atomic E-state index is 9.56. The summed E-state index contributed by atoms with van der Waals surface area (Å²) in [6.07, 6.45) is 0. The fraction of sp³-hybridized carbons (Fsp3) is 0.333. The van der Waals surface area contributed by atoms with E-state index in [2.05, 4.69) is 5.32 Å². The normalized spacial score (nSPS) is 6.67. The second-order valence-corrected chi connectivity index (χ2v) is 1.33. The summed E-state index contributed by atoms with van der Waals surface area (Å²) in [4.78, 5) is 9.56. The molecule has 0 saturated heterocycles. The van der Waals surface area contributed by atoms with E-state index in [1.807, 2.05) is 5.75 Å². The van der Waals surface area contributed by atoms with Crippen molar-refractivity contribution in [2.75, 3.05) is 6.54 Å². The van der Waals surface area contributed by atoms with Crippen LogP contribution in [0.3, 0.4) is 0 Å². The number of nitrogens with one attached hydrogen (secondary N) is 1. The van der Waals surface area contributed by atoms with Crippen LogP contribution in [0.4, 0.5) is 0 Å². The summed E-state index contributed by atoms with van der Waals surface area (Å²) in [5.41, 5.74) is 0. The molecule has 44 valence electrons. The van der Waals surface area contributed by atoms with E-state index in [1.165, 1.54) is 0 Å². The van der Waals surface area contributed by atoms with Gasteiger partial charge in [-0.15, -0.1) is 0 Å². The van der Waals surface area contributed by atoms with E-state index in [0.29, 0.717) is 0 Å². The Morgan fingerprint density at radius 1 is 1.78 bits per heavy atom. The molecular formula is C3H3NNaO3P. The quantitative estimate of drug-likeness (QED) is 0.248. The Kier molecular flexibility index (Phi) is 11.4. The van der Waals surface area contributed by atoms with Crippen molar-refractivity contribution >= 4 is 13.9 Å². The number of carboxylic acids is 1. The van der Waals surface area contributed by atoms with E-state index >= 15 is 0 Å². The van der Waals surface area contributed by atoms with Crippen LogP contribution in [0.25, 0.3) is 0 Å². The molecule has 0 aromatic rings. The fourth-order valence-corrected chi connectivity index (χ4v) is 0.288. The molecule has 0 aliphatic carbocycles. The minimum Gasteiger partial charge on any atom is 1.00 e. The van der Waals surface area contributed by atoms with Crippen LogP contribution in [0.2, 0.25) is 0 Å². The van der Waals surface area contributed by atoms with Gasteiger partial charge < -0.3 is 0 Å². The second kappa shape index (κ2) is 8.44. The van der Waals surface area contributed by atoms with Crippen molar-refractivity contribution in [1.82, 2.24) is 5.32 Å². The Labute approximate surface area is 75.4 Å². The van der Waals surface area contributed by atoms with Crippen molar-refractivity contribution < 1.29 is 44.0 Å². The molecule has 0 aliphatic heterocycles. The van der Waals surface area contributed by atoms with Crippen LogP contribution in [-0.4, -0.2) is 12.5 Å². The Morgan fingerprint density at radius 3 is 2.67 bits per heavy atom. The van der Waals surface area contributed by atoms with Crippen molar-refractivity contribution in [2.45, 2.75) is 0 Å². The summed E-state index contributed by atoms with van der Waals surface area (Å²) < 4.78 is 9.50. The molecule has 0 bridgehead atoms. The molecule has 0 aromatic heterocycles. The van der Waals surface area contributed by atoms with Gasteiger partial charge in [-0.05, 0) is 0 Å².